The molecular formula is C25H22N2O4. The highest BCUT2D eigenvalue weighted by Crippen LogP contribution is 2.29. The maximum atomic E-state index is 12.7. The van der Waals surface area contributed by atoms with Crippen molar-refractivity contribution in [1.82, 2.24) is 10.3 Å². The highest BCUT2D eigenvalue weighted by molar-refractivity contribution is 6.05. The molecule has 156 valence electrons. The molecule has 0 saturated carbocycles. The summed E-state index contributed by atoms with van der Waals surface area (Å²) >= 11 is 0. The molecule has 0 fully saturated rings. The number of nitrogens with one attached hydrogen (secondary N) is 2. The molecule has 2 N–H and O–H groups in total. The van der Waals surface area contributed by atoms with Crippen molar-refractivity contribution in [2.45, 2.75) is 0 Å². The van der Waals surface area contributed by atoms with Crippen LogP contribution < -0.4 is 14.8 Å². The van der Waals surface area contributed by atoms with Crippen LogP contribution in [0.5, 0.6) is 11.5 Å². The van der Waals surface area contributed by atoms with Gasteiger partial charge in [-0.05, 0) is 29.8 Å². The quantitative estimate of drug-likeness (QED) is 0.438. The van der Waals surface area contributed by atoms with E-state index in [1.54, 1.807) is 24.3 Å². The zero-order valence-electron chi connectivity index (χ0n) is 17.3. The van der Waals surface area contributed by atoms with Gasteiger partial charge in [0.15, 0.2) is 17.3 Å². The number of rotatable bonds is 7. The number of hydrogen-bond donors (Lipinski definition) is 2. The van der Waals surface area contributed by atoms with Crippen molar-refractivity contribution in [3.63, 3.8) is 0 Å². The number of amides is 1. The van der Waals surface area contributed by atoms with Gasteiger partial charge in [0.25, 0.3) is 5.91 Å². The summed E-state index contributed by atoms with van der Waals surface area (Å²) in [6, 6.07) is 20.4. The van der Waals surface area contributed by atoms with E-state index in [0.29, 0.717) is 22.6 Å². The van der Waals surface area contributed by atoms with Crippen LogP contribution in [0, 0.1) is 0 Å². The van der Waals surface area contributed by atoms with Crippen molar-refractivity contribution in [3.05, 3.63) is 84.1 Å². The molecule has 0 aliphatic carbocycles. The highest BCUT2D eigenvalue weighted by atomic mass is 16.5. The number of H-pyrrole nitrogens is 1. The van der Waals surface area contributed by atoms with Crippen molar-refractivity contribution >= 4 is 22.6 Å². The molecule has 4 rings (SSSR count). The molecule has 0 bridgehead atoms. The zero-order valence-corrected chi connectivity index (χ0v) is 17.3. The molecule has 1 amide bonds. The summed E-state index contributed by atoms with van der Waals surface area (Å²) in [5.41, 5.74) is 3.97. The minimum atomic E-state index is -0.360. The molecular weight excluding hydrogens is 392 g/mol. The van der Waals surface area contributed by atoms with Crippen LogP contribution in [0.3, 0.4) is 0 Å². The van der Waals surface area contributed by atoms with Gasteiger partial charge in [0.1, 0.15) is 0 Å². The Bertz CT molecular complexity index is 1250. The van der Waals surface area contributed by atoms with Crippen LogP contribution in [0.4, 0.5) is 0 Å². The number of fused-ring (bicyclic) bond motifs is 1. The number of aromatic nitrogens is 1. The van der Waals surface area contributed by atoms with Crippen molar-refractivity contribution in [1.29, 1.82) is 0 Å². The third kappa shape index (κ3) is 4.14. The van der Waals surface area contributed by atoms with Gasteiger partial charge in [0.05, 0.1) is 20.8 Å². The maximum Gasteiger partial charge on any atom is 0.251 e. The van der Waals surface area contributed by atoms with Crippen LogP contribution in [0.15, 0.2) is 72.9 Å². The van der Waals surface area contributed by atoms with E-state index >= 15 is 0 Å². The lowest BCUT2D eigenvalue weighted by molar-refractivity contribution is 0.0904. The minimum Gasteiger partial charge on any atom is -0.493 e. The average molecular weight is 414 g/mol. The molecule has 1 aromatic heterocycles. The minimum absolute atomic E-state index is 0.106. The van der Waals surface area contributed by atoms with Gasteiger partial charge in [-0.2, -0.15) is 0 Å². The second-order valence-electron chi connectivity index (χ2n) is 7.00. The van der Waals surface area contributed by atoms with Crippen LogP contribution in [-0.2, 0) is 0 Å². The fourth-order valence-corrected chi connectivity index (χ4v) is 3.50. The van der Waals surface area contributed by atoms with Crippen molar-refractivity contribution < 1.29 is 19.1 Å². The Labute approximate surface area is 179 Å². The number of hydrogen-bond acceptors (Lipinski definition) is 4. The first kappa shape index (κ1) is 20.2. The van der Waals surface area contributed by atoms with Crippen LogP contribution in [-0.4, -0.2) is 37.4 Å². The van der Waals surface area contributed by atoms with Gasteiger partial charge in [0, 0.05) is 33.8 Å². The van der Waals surface area contributed by atoms with Crippen LogP contribution in [0.1, 0.15) is 20.7 Å². The fourth-order valence-electron chi connectivity index (χ4n) is 3.50. The molecule has 0 radical (unpaired) electrons. The van der Waals surface area contributed by atoms with E-state index in [9.17, 15) is 9.59 Å². The summed E-state index contributed by atoms with van der Waals surface area (Å²) in [5.74, 6) is 0.449. The predicted molar refractivity (Wildman–Crippen MR) is 120 cm³/mol. The molecule has 0 saturated heterocycles. The van der Waals surface area contributed by atoms with Crippen molar-refractivity contribution in [2.75, 3.05) is 20.8 Å². The van der Waals surface area contributed by atoms with Gasteiger partial charge in [-0.1, -0.05) is 42.5 Å². The lowest BCUT2D eigenvalue weighted by Gasteiger charge is -2.10. The molecule has 0 aliphatic heterocycles. The summed E-state index contributed by atoms with van der Waals surface area (Å²) in [4.78, 5) is 28.3. The van der Waals surface area contributed by atoms with E-state index in [0.717, 1.165) is 22.0 Å². The third-order valence-electron chi connectivity index (χ3n) is 5.14. The normalized spacial score (nSPS) is 10.6. The maximum absolute atomic E-state index is 12.7. The summed E-state index contributed by atoms with van der Waals surface area (Å²) in [5, 5.41) is 3.71. The predicted octanol–water partition coefficient (Wildman–Crippen LogP) is 4.46. The molecule has 6 heteroatoms. The molecule has 6 nitrogen and oxygen atoms in total. The Morgan fingerprint density at radius 1 is 0.871 bits per heavy atom. The van der Waals surface area contributed by atoms with Gasteiger partial charge in [-0.3, -0.25) is 9.59 Å². The van der Waals surface area contributed by atoms with Gasteiger partial charge >= 0.3 is 0 Å². The summed E-state index contributed by atoms with van der Waals surface area (Å²) in [7, 11) is 3.03. The van der Waals surface area contributed by atoms with E-state index in [1.165, 1.54) is 14.2 Å². The van der Waals surface area contributed by atoms with Crippen LogP contribution in [0.25, 0.3) is 22.0 Å². The lowest BCUT2D eigenvalue weighted by atomic mass is 10.0. The van der Waals surface area contributed by atoms with E-state index in [4.69, 9.17) is 9.47 Å². The Morgan fingerprint density at radius 2 is 1.61 bits per heavy atom. The number of aromatic amines is 1. The number of ether oxygens (including phenoxy) is 2. The third-order valence-corrected chi connectivity index (χ3v) is 5.14. The first-order chi connectivity index (χ1) is 15.1. The molecule has 0 unspecified atom stereocenters. The van der Waals surface area contributed by atoms with E-state index in [-0.39, 0.29) is 18.2 Å². The Balaban J connectivity index is 1.47. The van der Waals surface area contributed by atoms with E-state index < -0.39 is 0 Å². The topological polar surface area (TPSA) is 80.4 Å². The molecule has 4 aromatic rings. The Kier molecular flexibility index (Phi) is 5.71. The van der Waals surface area contributed by atoms with Gasteiger partial charge in [0.2, 0.25) is 0 Å². The number of ketones is 1. The van der Waals surface area contributed by atoms with Crippen molar-refractivity contribution in [3.8, 4) is 22.6 Å². The second-order valence-corrected chi connectivity index (χ2v) is 7.00. The molecule has 1 heterocycles. The van der Waals surface area contributed by atoms with Crippen LogP contribution >= 0.6 is 0 Å². The first-order valence-electron chi connectivity index (χ1n) is 9.80. The van der Waals surface area contributed by atoms with E-state index in [1.807, 2.05) is 48.7 Å². The lowest BCUT2D eigenvalue weighted by Crippen LogP contribution is -2.29. The monoisotopic (exact) mass is 414 g/mol. The number of methoxy groups -OCH3 is 2. The average Bonchev–Trinajstić information content (AvgIpc) is 3.25. The van der Waals surface area contributed by atoms with Gasteiger partial charge in [-0.25, -0.2) is 0 Å². The highest BCUT2D eigenvalue weighted by Gasteiger charge is 2.14. The van der Waals surface area contributed by atoms with Gasteiger partial charge in [-0.15, -0.1) is 0 Å². The number of Topliss-reactive ketones (excluding diaryl/α,β-unsaturated/α-hetero) is 1. The second kappa shape index (κ2) is 8.75. The molecule has 0 spiro atoms. The Hall–Kier alpha value is -4.06. The SMILES string of the molecule is COc1ccc(C(=O)NCC(=O)c2ccc3c(-c4ccccc4)c[nH]c3c2)cc1OC. The standard InChI is InChI=1S/C25H22N2O4/c1-30-23-11-9-18(13-24(23)31-2)25(29)27-15-22(28)17-8-10-19-20(14-26-21(19)12-17)16-6-4-3-5-7-16/h3-14,26H,15H2,1-2H3,(H,27,29). The first-order valence-corrected chi connectivity index (χ1v) is 9.80. The molecule has 0 aliphatic rings. The summed E-state index contributed by atoms with van der Waals surface area (Å²) < 4.78 is 10.4. The summed E-state index contributed by atoms with van der Waals surface area (Å²) in [6.45, 7) is -0.106. The van der Waals surface area contributed by atoms with Crippen molar-refractivity contribution in [2.24, 2.45) is 0 Å². The fraction of sp³-hybridized carbons (Fsp3) is 0.120. The Morgan fingerprint density at radius 3 is 2.35 bits per heavy atom. The number of carbonyl (C=O) groups excluding carboxylic acids is 2. The van der Waals surface area contributed by atoms with Crippen LogP contribution in [0.2, 0.25) is 0 Å². The number of benzene rings is 3. The van der Waals surface area contributed by atoms with Gasteiger partial charge < -0.3 is 19.8 Å². The molecule has 3 aromatic carbocycles. The number of carbonyl (C=O) groups is 2. The van der Waals surface area contributed by atoms with E-state index in [2.05, 4.69) is 10.3 Å². The smallest absolute Gasteiger partial charge is 0.251 e. The summed E-state index contributed by atoms with van der Waals surface area (Å²) in [6.07, 6.45) is 1.94. The molecule has 31 heavy (non-hydrogen) atoms. The molecule has 0 atom stereocenters. The zero-order chi connectivity index (χ0) is 21.8. The largest absolute Gasteiger partial charge is 0.493 e.